The quantitative estimate of drug-likeness (QED) is 0.652. The first kappa shape index (κ1) is 20.9. The van der Waals surface area contributed by atoms with Gasteiger partial charge in [0.1, 0.15) is 25.6 Å². The van der Waals surface area contributed by atoms with E-state index in [1.165, 1.54) is 19.2 Å². The van der Waals surface area contributed by atoms with E-state index in [1.54, 1.807) is 6.07 Å². The lowest BCUT2D eigenvalue weighted by molar-refractivity contribution is -0.121. The van der Waals surface area contributed by atoms with Crippen molar-refractivity contribution in [2.75, 3.05) is 40.0 Å². The van der Waals surface area contributed by atoms with Gasteiger partial charge in [-0.1, -0.05) is 12.1 Å². The number of fused-ring (bicyclic) bond motifs is 1. The summed E-state index contributed by atoms with van der Waals surface area (Å²) in [6.07, 6.45) is 0. The second kappa shape index (κ2) is 9.15. The van der Waals surface area contributed by atoms with Crippen molar-refractivity contribution in [2.45, 2.75) is 11.8 Å². The second-order valence-electron chi connectivity index (χ2n) is 6.58. The number of carbonyl (C=O) groups is 1. The summed E-state index contributed by atoms with van der Waals surface area (Å²) in [4.78, 5) is 12.2. The Kier molecular flexibility index (Phi) is 6.60. The predicted octanol–water partition coefficient (Wildman–Crippen LogP) is 1.58. The highest BCUT2D eigenvalue weighted by atomic mass is 32.2. The molecule has 0 aliphatic carbocycles. The molecule has 0 fully saturated rings. The molecule has 2 aromatic carbocycles. The van der Waals surface area contributed by atoms with Gasteiger partial charge >= 0.3 is 0 Å². The van der Waals surface area contributed by atoms with E-state index >= 15 is 0 Å². The molecule has 0 saturated heterocycles. The molecule has 0 unspecified atom stereocenters. The first-order valence-electron chi connectivity index (χ1n) is 9.18. The van der Waals surface area contributed by atoms with Crippen molar-refractivity contribution >= 4 is 15.9 Å². The van der Waals surface area contributed by atoms with Gasteiger partial charge in [-0.2, -0.15) is 4.31 Å². The summed E-state index contributed by atoms with van der Waals surface area (Å²) in [6, 6.07) is 12.0. The Morgan fingerprint density at radius 3 is 2.66 bits per heavy atom. The minimum absolute atomic E-state index is 0.0415. The smallest absolute Gasteiger partial charge is 0.243 e. The van der Waals surface area contributed by atoms with Gasteiger partial charge in [0, 0.05) is 13.1 Å². The van der Waals surface area contributed by atoms with Crippen LogP contribution < -0.4 is 19.5 Å². The lowest BCUT2D eigenvalue weighted by atomic mass is 10.2. The number of benzene rings is 2. The maximum atomic E-state index is 12.7. The third-order valence-corrected chi connectivity index (χ3v) is 6.07. The van der Waals surface area contributed by atoms with Crippen LogP contribution in [0.25, 0.3) is 0 Å². The van der Waals surface area contributed by atoms with Gasteiger partial charge in [-0.15, -0.1) is 0 Å². The van der Waals surface area contributed by atoms with Crippen molar-refractivity contribution in [2.24, 2.45) is 0 Å². The number of nitrogens with one attached hydrogen (secondary N) is 1. The fourth-order valence-corrected chi connectivity index (χ4v) is 3.91. The molecule has 0 bridgehead atoms. The molecule has 1 amide bonds. The van der Waals surface area contributed by atoms with Crippen molar-refractivity contribution in [3.63, 3.8) is 0 Å². The zero-order valence-electron chi connectivity index (χ0n) is 16.4. The van der Waals surface area contributed by atoms with Crippen LogP contribution in [0, 0.1) is 6.92 Å². The molecule has 8 nitrogen and oxygen atoms in total. The number of sulfonamides is 1. The fraction of sp³-hybridized carbons (Fsp3) is 0.350. The molecule has 0 spiro atoms. The highest BCUT2D eigenvalue weighted by Crippen LogP contribution is 2.32. The standard InChI is InChI=1S/C20H24N2O6S/c1-15-4-3-5-16(12-15)26-9-8-21-20(23)14-22(2)29(24,25)17-6-7-18-19(13-17)28-11-10-27-18/h3-7,12-13H,8-11,14H2,1-2H3,(H,21,23). The lowest BCUT2D eigenvalue weighted by Crippen LogP contribution is -2.39. The van der Waals surface area contributed by atoms with Crippen LogP contribution in [0.1, 0.15) is 5.56 Å². The summed E-state index contributed by atoms with van der Waals surface area (Å²) in [7, 11) is -2.48. The molecular weight excluding hydrogens is 396 g/mol. The van der Waals surface area contributed by atoms with Crippen LogP contribution in [-0.2, 0) is 14.8 Å². The van der Waals surface area contributed by atoms with E-state index in [2.05, 4.69) is 5.32 Å². The van der Waals surface area contributed by atoms with Crippen LogP contribution in [-0.4, -0.2) is 58.6 Å². The van der Waals surface area contributed by atoms with Gasteiger partial charge in [0.2, 0.25) is 15.9 Å². The van der Waals surface area contributed by atoms with Gasteiger partial charge in [0.25, 0.3) is 0 Å². The summed E-state index contributed by atoms with van der Waals surface area (Å²) in [6.45, 7) is 3.00. The van der Waals surface area contributed by atoms with Crippen molar-refractivity contribution in [1.82, 2.24) is 9.62 Å². The summed E-state index contributed by atoms with van der Waals surface area (Å²) in [5.74, 6) is 1.19. The summed E-state index contributed by atoms with van der Waals surface area (Å²) in [5.41, 5.74) is 1.08. The molecule has 1 aliphatic heterocycles. The Labute approximate surface area is 170 Å². The van der Waals surface area contributed by atoms with Crippen LogP contribution in [0.4, 0.5) is 0 Å². The van der Waals surface area contributed by atoms with Gasteiger partial charge in [-0.3, -0.25) is 4.79 Å². The second-order valence-corrected chi connectivity index (χ2v) is 8.63. The van der Waals surface area contributed by atoms with E-state index in [4.69, 9.17) is 14.2 Å². The average Bonchev–Trinajstić information content (AvgIpc) is 2.71. The van der Waals surface area contributed by atoms with Crippen molar-refractivity contribution < 1.29 is 27.4 Å². The number of likely N-dealkylation sites (N-methyl/N-ethyl adjacent to an activating group) is 1. The van der Waals surface area contributed by atoms with Crippen LogP contribution >= 0.6 is 0 Å². The molecular formula is C20H24N2O6S. The number of rotatable bonds is 8. The van der Waals surface area contributed by atoms with Crippen LogP contribution in [0.15, 0.2) is 47.4 Å². The van der Waals surface area contributed by atoms with E-state index < -0.39 is 15.9 Å². The fourth-order valence-electron chi connectivity index (χ4n) is 2.77. The number of ether oxygens (including phenoxy) is 3. The first-order chi connectivity index (χ1) is 13.9. The Hall–Kier alpha value is -2.78. The zero-order chi connectivity index (χ0) is 20.9. The van der Waals surface area contributed by atoms with Crippen LogP contribution in [0.2, 0.25) is 0 Å². The number of carbonyl (C=O) groups excluding carboxylic acids is 1. The molecule has 156 valence electrons. The molecule has 0 atom stereocenters. The van der Waals surface area contributed by atoms with Gasteiger partial charge in [-0.05, 0) is 36.8 Å². The minimum atomic E-state index is -3.84. The number of aryl methyl sites for hydroxylation is 1. The molecule has 9 heteroatoms. The summed E-state index contributed by atoms with van der Waals surface area (Å²) >= 11 is 0. The highest BCUT2D eigenvalue weighted by Gasteiger charge is 2.25. The molecule has 2 aromatic rings. The van der Waals surface area contributed by atoms with E-state index in [-0.39, 0.29) is 24.6 Å². The monoisotopic (exact) mass is 420 g/mol. The normalized spacial score (nSPS) is 13.2. The molecule has 1 aliphatic rings. The van der Waals surface area contributed by atoms with Crippen LogP contribution in [0.3, 0.4) is 0 Å². The maximum absolute atomic E-state index is 12.7. The number of nitrogens with zero attached hydrogens (tertiary/aromatic N) is 1. The number of hydrogen-bond acceptors (Lipinski definition) is 6. The Bertz CT molecular complexity index is 977. The topological polar surface area (TPSA) is 94.2 Å². The molecule has 1 N–H and O–H groups in total. The molecule has 29 heavy (non-hydrogen) atoms. The minimum Gasteiger partial charge on any atom is -0.492 e. The van der Waals surface area contributed by atoms with E-state index in [0.29, 0.717) is 24.7 Å². The predicted molar refractivity (Wildman–Crippen MR) is 107 cm³/mol. The van der Waals surface area contributed by atoms with E-state index in [9.17, 15) is 13.2 Å². The molecule has 0 aromatic heterocycles. The van der Waals surface area contributed by atoms with Gasteiger partial charge in [0.15, 0.2) is 11.5 Å². The maximum Gasteiger partial charge on any atom is 0.243 e. The van der Waals surface area contributed by atoms with Crippen molar-refractivity contribution in [3.8, 4) is 17.2 Å². The summed E-state index contributed by atoms with van der Waals surface area (Å²) < 4.78 is 42.8. The third-order valence-electron chi connectivity index (χ3n) is 4.27. The van der Waals surface area contributed by atoms with E-state index in [0.717, 1.165) is 15.6 Å². The van der Waals surface area contributed by atoms with Crippen molar-refractivity contribution in [1.29, 1.82) is 0 Å². The highest BCUT2D eigenvalue weighted by molar-refractivity contribution is 7.89. The van der Waals surface area contributed by atoms with Gasteiger partial charge in [0.05, 0.1) is 18.0 Å². The molecule has 0 radical (unpaired) electrons. The average molecular weight is 420 g/mol. The first-order valence-corrected chi connectivity index (χ1v) is 10.6. The third kappa shape index (κ3) is 5.39. The largest absolute Gasteiger partial charge is 0.492 e. The number of hydrogen-bond donors (Lipinski definition) is 1. The zero-order valence-corrected chi connectivity index (χ0v) is 17.2. The van der Waals surface area contributed by atoms with Crippen LogP contribution in [0.5, 0.6) is 17.2 Å². The Morgan fingerprint density at radius 2 is 1.90 bits per heavy atom. The van der Waals surface area contributed by atoms with Gasteiger partial charge < -0.3 is 19.5 Å². The molecule has 0 saturated carbocycles. The number of amides is 1. The molecule has 1 heterocycles. The Balaban J connectivity index is 1.50. The Morgan fingerprint density at radius 1 is 1.14 bits per heavy atom. The van der Waals surface area contributed by atoms with Crippen molar-refractivity contribution in [3.05, 3.63) is 48.0 Å². The SMILES string of the molecule is Cc1cccc(OCCNC(=O)CN(C)S(=O)(=O)c2ccc3c(c2)OCCO3)c1. The molecule has 3 rings (SSSR count). The summed E-state index contributed by atoms with van der Waals surface area (Å²) in [5, 5.41) is 2.66. The lowest BCUT2D eigenvalue weighted by Gasteiger charge is -2.21. The van der Waals surface area contributed by atoms with E-state index in [1.807, 2.05) is 31.2 Å². The van der Waals surface area contributed by atoms with Gasteiger partial charge in [-0.25, -0.2) is 8.42 Å².